The minimum Gasteiger partial charge on any atom is -0.477 e. The molecule has 0 aromatic carbocycles. The van der Waals surface area contributed by atoms with E-state index in [2.05, 4.69) is 9.97 Å². The van der Waals surface area contributed by atoms with Crippen molar-refractivity contribution in [1.82, 2.24) is 9.97 Å². The van der Waals surface area contributed by atoms with E-state index in [1.807, 2.05) is 0 Å². The zero-order valence-electron chi connectivity index (χ0n) is 7.89. The highest BCUT2D eigenvalue weighted by atomic mass is 16.4. The third-order valence-electron chi connectivity index (χ3n) is 2.07. The zero-order chi connectivity index (χ0) is 11.7. The second-order valence-corrected chi connectivity index (χ2v) is 3.04. The van der Waals surface area contributed by atoms with Crippen molar-refractivity contribution in [2.75, 3.05) is 0 Å². The zero-order valence-corrected chi connectivity index (χ0v) is 7.89. The largest absolute Gasteiger partial charge is 0.477 e. The molecular formula is C10H5N3O3. The van der Waals surface area contributed by atoms with Crippen molar-refractivity contribution in [3.8, 4) is 6.07 Å². The van der Waals surface area contributed by atoms with Crippen molar-refractivity contribution < 1.29 is 9.90 Å². The standard InChI is InChI=1S/C10H5N3O3/c11-3-5-4-12-6-1-2-7(10(15)16)13-8(6)9(5)14/h1-2,4H,(H,12,14)(H,15,16). The van der Waals surface area contributed by atoms with Crippen LogP contribution in [0, 0.1) is 11.3 Å². The van der Waals surface area contributed by atoms with Crippen LogP contribution in [0.4, 0.5) is 0 Å². The van der Waals surface area contributed by atoms with E-state index in [0.29, 0.717) is 5.52 Å². The molecule has 2 aromatic heterocycles. The van der Waals surface area contributed by atoms with Gasteiger partial charge in [-0.1, -0.05) is 0 Å². The molecule has 0 atom stereocenters. The molecule has 0 aliphatic rings. The Bertz CT molecular complexity index is 682. The van der Waals surface area contributed by atoms with Gasteiger partial charge in [-0.15, -0.1) is 0 Å². The first-order valence-electron chi connectivity index (χ1n) is 4.29. The van der Waals surface area contributed by atoms with Crippen LogP contribution in [0.25, 0.3) is 11.0 Å². The lowest BCUT2D eigenvalue weighted by Gasteiger charge is -1.98. The van der Waals surface area contributed by atoms with E-state index in [1.54, 1.807) is 6.07 Å². The minimum atomic E-state index is -1.22. The molecule has 16 heavy (non-hydrogen) atoms. The highest BCUT2D eigenvalue weighted by Gasteiger charge is 2.10. The van der Waals surface area contributed by atoms with Crippen molar-refractivity contribution in [3.63, 3.8) is 0 Å². The van der Waals surface area contributed by atoms with E-state index in [0.717, 1.165) is 0 Å². The second kappa shape index (κ2) is 3.47. The Labute approximate surface area is 88.8 Å². The van der Waals surface area contributed by atoms with Crippen LogP contribution in [0.3, 0.4) is 0 Å². The lowest BCUT2D eigenvalue weighted by Crippen LogP contribution is -2.11. The summed E-state index contributed by atoms with van der Waals surface area (Å²) in [6.07, 6.45) is 1.27. The number of carboxylic acids is 1. The normalized spacial score (nSPS) is 9.94. The maximum atomic E-state index is 11.6. The van der Waals surface area contributed by atoms with Gasteiger partial charge in [0, 0.05) is 6.20 Å². The number of aromatic nitrogens is 2. The lowest BCUT2D eigenvalue weighted by molar-refractivity contribution is 0.0691. The molecule has 2 heterocycles. The smallest absolute Gasteiger partial charge is 0.354 e. The molecule has 0 spiro atoms. The Morgan fingerprint density at radius 3 is 2.88 bits per heavy atom. The van der Waals surface area contributed by atoms with Crippen LogP contribution < -0.4 is 5.43 Å². The first kappa shape index (κ1) is 9.86. The molecule has 78 valence electrons. The number of pyridine rings is 2. The molecule has 0 saturated heterocycles. The number of nitrogens with one attached hydrogen (secondary N) is 1. The molecular weight excluding hydrogens is 210 g/mol. The van der Waals surface area contributed by atoms with Gasteiger partial charge in [-0.05, 0) is 12.1 Å². The van der Waals surface area contributed by atoms with Gasteiger partial charge in [0.1, 0.15) is 22.8 Å². The number of carbonyl (C=O) groups is 1. The molecule has 0 amide bonds. The van der Waals surface area contributed by atoms with Gasteiger partial charge in [-0.25, -0.2) is 9.78 Å². The summed E-state index contributed by atoms with van der Waals surface area (Å²) in [6.45, 7) is 0. The molecule has 0 fully saturated rings. The summed E-state index contributed by atoms with van der Waals surface area (Å²) >= 11 is 0. The number of fused-ring (bicyclic) bond motifs is 1. The fourth-order valence-electron chi connectivity index (χ4n) is 1.29. The van der Waals surface area contributed by atoms with Crippen molar-refractivity contribution in [3.05, 3.63) is 39.8 Å². The fraction of sp³-hybridized carbons (Fsp3) is 0. The van der Waals surface area contributed by atoms with E-state index in [-0.39, 0.29) is 16.8 Å². The number of rotatable bonds is 1. The molecule has 0 aliphatic heterocycles. The number of nitrogens with zero attached hydrogens (tertiary/aromatic N) is 2. The quantitative estimate of drug-likeness (QED) is 0.719. The summed E-state index contributed by atoms with van der Waals surface area (Å²) in [7, 11) is 0. The van der Waals surface area contributed by atoms with Gasteiger partial charge in [0.15, 0.2) is 0 Å². The topological polar surface area (TPSA) is 107 Å². The summed E-state index contributed by atoms with van der Waals surface area (Å²) in [6, 6.07) is 4.43. The Hall–Kier alpha value is -2.68. The molecule has 0 bridgehead atoms. The third kappa shape index (κ3) is 1.40. The number of carboxylic acid groups (broad SMARTS) is 1. The van der Waals surface area contributed by atoms with Gasteiger partial charge >= 0.3 is 5.97 Å². The summed E-state index contributed by atoms with van der Waals surface area (Å²) in [5, 5.41) is 17.4. The number of H-pyrrole nitrogens is 1. The first-order chi connectivity index (χ1) is 7.63. The Kier molecular flexibility index (Phi) is 2.14. The van der Waals surface area contributed by atoms with Crippen LogP contribution in [0.15, 0.2) is 23.1 Å². The van der Waals surface area contributed by atoms with Crippen LogP contribution in [0.2, 0.25) is 0 Å². The summed E-state index contributed by atoms with van der Waals surface area (Å²) < 4.78 is 0. The maximum Gasteiger partial charge on any atom is 0.354 e. The number of aromatic carboxylic acids is 1. The maximum absolute atomic E-state index is 11.6. The van der Waals surface area contributed by atoms with Gasteiger partial charge in [-0.3, -0.25) is 4.79 Å². The van der Waals surface area contributed by atoms with E-state index >= 15 is 0 Å². The lowest BCUT2D eigenvalue weighted by atomic mass is 10.2. The second-order valence-electron chi connectivity index (χ2n) is 3.04. The van der Waals surface area contributed by atoms with Gasteiger partial charge in [0.25, 0.3) is 0 Å². The first-order valence-corrected chi connectivity index (χ1v) is 4.29. The van der Waals surface area contributed by atoms with E-state index < -0.39 is 11.4 Å². The van der Waals surface area contributed by atoms with Crippen LogP contribution in [0.1, 0.15) is 16.1 Å². The van der Waals surface area contributed by atoms with E-state index in [1.165, 1.54) is 18.3 Å². The number of aromatic amines is 1. The average Bonchev–Trinajstić information content (AvgIpc) is 2.29. The molecule has 0 aliphatic carbocycles. The number of hydrogen-bond donors (Lipinski definition) is 2. The molecule has 6 heteroatoms. The molecule has 0 radical (unpaired) electrons. The number of hydrogen-bond acceptors (Lipinski definition) is 4. The fourth-order valence-corrected chi connectivity index (χ4v) is 1.29. The Morgan fingerprint density at radius 1 is 1.50 bits per heavy atom. The monoisotopic (exact) mass is 215 g/mol. The van der Waals surface area contributed by atoms with E-state index in [9.17, 15) is 9.59 Å². The Balaban J connectivity index is 2.86. The van der Waals surface area contributed by atoms with Crippen LogP contribution >= 0.6 is 0 Å². The number of nitriles is 1. The van der Waals surface area contributed by atoms with Gasteiger partial charge in [-0.2, -0.15) is 5.26 Å². The highest BCUT2D eigenvalue weighted by Crippen LogP contribution is 2.06. The summed E-state index contributed by atoms with van der Waals surface area (Å²) in [4.78, 5) is 28.7. The SMILES string of the molecule is N#Cc1c[nH]c2ccc(C(=O)O)nc2c1=O. The van der Waals surface area contributed by atoms with Crippen molar-refractivity contribution in [2.45, 2.75) is 0 Å². The molecule has 2 rings (SSSR count). The molecule has 6 nitrogen and oxygen atoms in total. The third-order valence-corrected chi connectivity index (χ3v) is 2.07. The molecule has 0 saturated carbocycles. The van der Waals surface area contributed by atoms with Gasteiger partial charge < -0.3 is 10.1 Å². The highest BCUT2D eigenvalue weighted by molar-refractivity contribution is 5.88. The van der Waals surface area contributed by atoms with Crippen molar-refractivity contribution in [1.29, 1.82) is 5.26 Å². The van der Waals surface area contributed by atoms with Gasteiger partial charge in [0.2, 0.25) is 5.43 Å². The summed E-state index contributed by atoms with van der Waals surface area (Å²) in [5.41, 5.74) is -0.539. The van der Waals surface area contributed by atoms with Crippen molar-refractivity contribution >= 4 is 17.0 Å². The van der Waals surface area contributed by atoms with Crippen LogP contribution in [-0.2, 0) is 0 Å². The predicted octanol–water partition coefficient (Wildman–Crippen LogP) is 0.493. The Morgan fingerprint density at radius 2 is 2.25 bits per heavy atom. The molecule has 0 unspecified atom stereocenters. The minimum absolute atomic E-state index is 0.0426. The van der Waals surface area contributed by atoms with E-state index in [4.69, 9.17) is 10.4 Å². The molecule has 2 N–H and O–H groups in total. The van der Waals surface area contributed by atoms with Crippen LogP contribution in [0.5, 0.6) is 0 Å². The van der Waals surface area contributed by atoms with Crippen LogP contribution in [-0.4, -0.2) is 21.0 Å². The average molecular weight is 215 g/mol. The van der Waals surface area contributed by atoms with Crippen molar-refractivity contribution in [2.24, 2.45) is 0 Å². The van der Waals surface area contributed by atoms with Gasteiger partial charge in [0.05, 0.1) is 5.52 Å². The summed E-state index contributed by atoms with van der Waals surface area (Å²) in [5.74, 6) is -1.22. The predicted molar refractivity (Wildman–Crippen MR) is 54.0 cm³/mol. The molecule has 2 aromatic rings.